The van der Waals surface area contributed by atoms with Crippen LogP contribution >= 0.6 is 11.8 Å². The van der Waals surface area contributed by atoms with Gasteiger partial charge in [0.05, 0.1) is 22.8 Å². The molecule has 2 saturated heterocycles. The molecular formula is C19H24F3N3O2S. The van der Waals surface area contributed by atoms with Gasteiger partial charge in [-0.1, -0.05) is 6.92 Å². The lowest BCUT2D eigenvalue weighted by atomic mass is 10.1. The largest absolute Gasteiger partial charge is 0.416 e. The summed E-state index contributed by atoms with van der Waals surface area (Å²) < 4.78 is 39.6. The number of anilines is 2. The maximum Gasteiger partial charge on any atom is 0.416 e. The van der Waals surface area contributed by atoms with Gasteiger partial charge in [0, 0.05) is 25.3 Å². The van der Waals surface area contributed by atoms with Crippen LogP contribution in [0, 0.1) is 0 Å². The van der Waals surface area contributed by atoms with Crippen LogP contribution in [0.15, 0.2) is 18.2 Å². The summed E-state index contributed by atoms with van der Waals surface area (Å²) in [5.41, 5.74) is -0.0477. The van der Waals surface area contributed by atoms with Crippen LogP contribution in [0.3, 0.4) is 0 Å². The highest BCUT2D eigenvalue weighted by atomic mass is 32.2. The summed E-state index contributed by atoms with van der Waals surface area (Å²) in [7, 11) is 0. The zero-order chi connectivity index (χ0) is 20.3. The maximum atomic E-state index is 13.2. The van der Waals surface area contributed by atoms with Gasteiger partial charge in [0.15, 0.2) is 0 Å². The Hall–Kier alpha value is -1.90. The van der Waals surface area contributed by atoms with Crippen molar-refractivity contribution >= 4 is 35.0 Å². The van der Waals surface area contributed by atoms with Crippen molar-refractivity contribution in [1.82, 2.24) is 4.90 Å². The van der Waals surface area contributed by atoms with E-state index in [0.29, 0.717) is 17.3 Å². The second-order valence-corrected chi connectivity index (χ2v) is 8.00. The summed E-state index contributed by atoms with van der Waals surface area (Å²) in [6.45, 7) is 3.21. The second-order valence-electron chi connectivity index (χ2n) is 7.00. The summed E-state index contributed by atoms with van der Waals surface area (Å²) in [6.07, 6.45) is -1.19. The lowest BCUT2D eigenvalue weighted by Gasteiger charge is -2.31. The quantitative estimate of drug-likeness (QED) is 0.809. The van der Waals surface area contributed by atoms with Gasteiger partial charge in [0.2, 0.25) is 11.8 Å². The number of nitrogens with one attached hydrogen (secondary N) is 1. The number of hydrogen-bond donors (Lipinski definition) is 1. The number of benzene rings is 1. The third kappa shape index (κ3) is 4.56. The van der Waals surface area contributed by atoms with E-state index in [9.17, 15) is 22.8 Å². The molecule has 1 unspecified atom stereocenters. The van der Waals surface area contributed by atoms with E-state index in [1.807, 2.05) is 4.90 Å². The number of alkyl halides is 3. The van der Waals surface area contributed by atoms with E-state index in [2.05, 4.69) is 5.32 Å². The standard InChI is InChI=1S/C19H24F3N3O2S/c1-2-17(26)25-12-28-11-16(25)18(27)23-14-10-13(19(20,21)22)6-7-15(14)24-8-4-3-5-9-24/h6-7,10,16H,2-5,8-9,11-12H2,1H3,(H,23,27). The molecule has 2 aliphatic heterocycles. The Balaban J connectivity index is 1.87. The van der Waals surface area contributed by atoms with Crippen LogP contribution < -0.4 is 10.2 Å². The molecule has 2 aliphatic rings. The lowest BCUT2D eigenvalue weighted by molar-refractivity contribution is -0.137. The SMILES string of the molecule is CCC(=O)N1CSCC1C(=O)Nc1cc(C(F)(F)F)ccc1N1CCCCC1. The number of amides is 2. The zero-order valence-electron chi connectivity index (χ0n) is 15.7. The third-order valence-electron chi connectivity index (χ3n) is 5.09. The molecule has 1 N–H and O–H groups in total. The number of piperidine rings is 1. The molecule has 1 atom stereocenters. The van der Waals surface area contributed by atoms with E-state index in [0.717, 1.165) is 44.5 Å². The lowest BCUT2D eigenvalue weighted by Crippen LogP contribution is -2.44. The van der Waals surface area contributed by atoms with E-state index >= 15 is 0 Å². The van der Waals surface area contributed by atoms with Crippen molar-refractivity contribution in [3.63, 3.8) is 0 Å². The molecule has 1 aromatic carbocycles. The van der Waals surface area contributed by atoms with Crippen molar-refractivity contribution in [3.8, 4) is 0 Å². The van der Waals surface area contributed by atoms with E-state index < -0.39 is 23.7 Å². The van der Waals surface area contributed by atoms with Gasteiger partial charge in [-0.15, -0.1) is 11.8 Å². The summed E-state index contributed by atoms with van der Waals surface area (Å²) >= 11 is 1.47. The van der Waals surface area contributed by atoms with Crippen LogP contribution in [-0.4, -0.2) is 47.5 Å². The van der Waals surface area contributed by atoms with Crippen molar-refractivity contribution < 1.29 is 22.8 Å². The van der Waals surface area contributed by atoms with Crippen molar-refractivity contribution in [2.45, 2.75) is 44.8 Å². The highest BCUT2D eigenvalue weighted by molar-refractivity contribution is 7.99. The molecule has 0 radical (unpaired) electrons. The predicted molar refractivity (Wildman–Crippen MR) is 104 cm³/mol. The van der Waals surface area contributed by atoms with E-state index in [-0.39, 0.29) is 18.0 Å². The number of hydrogen-bond acceptors (Lipinski definition) is 4. The van der Waals surface area contributed by atoms with Crippen LogP contribution in [0.4, 0.5) is 24.5 Å². The second kappa shape index (κ2) is 8.63. The Labute approximate surface area is 166 Å². The average molecular weight is 415 g/mol. The minimum Gasteiger partial charge on any atom is -0.370 e. The van der Waals surface area contributed by atoms with Gasteiger partial charge in [-0.3, -0.25) is 9.59 Å². The van der Waals surface area contributed by atoms with Crippen molar-refractivity contribution in [2.24, 2.45) is 0 Å². The normalized spacial score (nSPS) is 20.4. The molecule has 0 bridgehead atoms. The molecule has 3 rings (SSSR count). The van der Waals surface area contributed by atoms with Crippen molar-refractivity contribution in [1.29, 1.82) is 0 Å². The molecule has 5 nitrogen and oxygen atoms in total. The number of nitrogens with zero attached hydrogens (tertiary/aromatic N) is 2. The fourth-order valence-corrected chi connectivity index (χ4v) is 4.73. The Morgan fingerprint density at radius 2 is 1.93 bits per heavy atom. The Morgan fingerprint density at radius 1 is 1.21 bits per heavy atom. The molecule has 0 saturated carbocycles. The molecule has 154 valence electrons. The zero-order valence-corrected chi connectivity index (χ0v) is 16.5. The fraction of sp³-hybridized carbons (Fsp3) is 0.579. The first-order valence-electron chi connectivity index (χ1n) is 9.45. The number of rotatable bonds is 4. The van der Waals surface area contributed by atoms with Gasteiger partial charge in [0.25, 0.3) is 0 Å². The number of carbonyl (C=O) groups excluding carboxylic acids is 2. The van der Waals surface area contributed by atoms with E-state index in [1.165, 1.54) is 22.7 Å². The highest BCUT2D eigenvalue weighted by Gasteiger charge is 2.35. The summed E-state index contributed by atoms with van der Waals surface area (Å²) in [5.74, 6) is 0.289. The molecule has 2 heterocycles. The number of halogens is 3. The Morgan fingerprint density at radius 3 is 2.57 bits per heavy atom. The molecule has 0 aliphatic carbocycles. The topological polar surface area (TPSA) is 52.7 Å². The van der Waals surface area contributed by atoms with Crippen LogP contribution in [0.2, 0.25) is 0 Å². The molecule has 0 spiro atoms. The van der Waals surface area contributed by atoms with Crippen LogP contribution in [0.5, 0.6) is 0 Å². The van der Waals surface area contributed by atoms with Crippen LogP contribution in [0.25, 0.3) is 0 Å². The smallest absolute Gasteiger partial charge is 0.370 e. The van der Waals surface area contributed by atoms with Gasteiger partial charge in [-0.05, 0) is 37.5 Å². The van der Waals surface area contributed by atoms with Gasteiger partial charge in [0.1, 0.15) is 6.04 Å². The molecule has 2 fully saturated rings. The van der Waals surface area contributed by atoms with Gasteiger partial charge in [-0.25, -0.2) is 0 Å². The third-order valence-corrected chi connectivity index (χ3v) is 6.10. The Kier molecular flexibility index (Phi) is 6.42. The monoisotopic (exact) mass is 415 g/mol. The van der Waals surface area contributed by atoms with E-state index in [1.54, 1.807) is 6.92 Å². The highest BCUT2D eigenvalue weighted by Crippen LogP contribution is 2.36. The first kappa shape index (κ1) is 20.8. The molecular weight excluding hydrogens is 391 g/mol. The van der Waals surface area contributed by atoms with Crippen LogP contribution in [-0.2, 0) is 15.8 Å². The first-order valence-corrected chi connectivity index (χ1v) is 10.6. The maximum absolute atomic E-state index is 13.2. The summed E-state index contributed by atoms with van der Waals surface area (Å²) in [6, 6.07) is 2.82. The Bertz CT molecular complexity index is 736. The predicted octanol–water partition coefficient (Wildman–Crippen LogP) is 3.95. The van der Waals surface area contributed by atoms with Gasteiger partial charge < -0.3 is 15.1 Å². The van der Waals surface area contributed by atoms with Crippen LogP contribution in [0.1, 0.15) is 38.2 Å². The molecule has 0 aromatic heterocycles. The molecule has 28 heavy (non-hydrogen) atoms. The van der Waals surface area contributed by atoms with E-state index in [4.69, 9.17) is 0 Å². The average Bonchev–Trinajstić information content (AvgIpc) is 3.17. The fourth-order valence-electron chi connectivity index (χ4n) is 3.55. The number of thioether (sulfide) groups is 1. The molecule has 2 amide bonds. The van der Waals surface area contributed by atoms with Crippen molar-refractivity contribution in [3.05, 3.63) is 23.8 Å². The molecule has 9 heteroatoms. The van der Waals surface area contributed by atoms with Gasteiger partial charge in [-0.2, -0.15) is 13.2 Å². The minimum atomic E-state index is -4.49. The minimum absolute atomic E-state index is 0.134. The molecule has 1 aromatic rings. The summed E-state index contributed by atoms with van der Waals surface area (Å²) in [5, 5.41) is 2.68. The first-order chi connectivity index (χ1) is 13.3. The van der Waals surface area contributed by atoms with Crippen molar-refractivity contribution in [2.75, 3.05) is 34.9 Å². The number of carbonyl (C=O) groups is 2. The van der Waals surface area contributed by atoms with Gasteiger partial charge >= 0.3 is 6.18 Å². The summed E-state index contributed by atoms with van der Waals surface area (Å²) in [4.78, 5) is 28.4.